The van der Waals surface area contributed by atoms with Gasteiger partial charge in [-0.3, -0.25) is 4.79 Å². The summed E-state index contributed by atoms with van der Waals surface area (Å²) in [6.45, 7) is 2.75. The molecule has 2 aliphatic carbocycles. The molecular weight excluding hydrogens is 302 g/mol. The van der Waals surface area contributed by atoms with E-state index in [1.807, 2.05) is 18.2 Å². The SMILES string of the molecule is COc1cccc([C@@]23CCN(CC4CC4)C[C@@]2(O)CCC(=O)C3)c1. The van der Waals surface area contributed by atoms with Gasteiger partial charge in [0.2, 0.25) is 0 Å². The molecule has 2 atom stereocenters. The summed E-state index contributed by atoms with van der Waals surface area (Å²) in [5.74, 6) is 1.89. The van der Waals surface area contributed by atoms with Crippen LogP contribution in [-0.2, 0) is 10.2 Å². The average molecular weight is 329 g/mol. The van der Waals surface area contributed by atoms with Crippen LogP contribution in [0, 0.1) is 5.92 Å². The Morgan fingerprint density at radius 3 is 2.92 bits per heavy atom. The van der Waals surface area contributed by atoms with E-state index in [0.717, 1.165) is 36.7 Å². The third-order valence-corrected chi connectivity index (χ3v) is 6.38. The Morgan fingerprint density at radius 2 is 2.17 bits per heavy atom. The molecule has 0 radical (unpaired) electrons. The van der Waals surface area contributed by atoms with Crippen LogP contribution >= 0.6 is 0 Å². The summed E-state index contributed by atoms with van der Waals surface area (Å²) in [5.41, 5.74) is -0.222. The Kier molecular flexibility index (Phi) is 3.92. The third kappa shape index (κ3) is 2.66. The van der Waals surface area contributed by atoms with Crippen LogP contribution in [0.5, 0.6) is 5.75 Å². The van der Waals surface area contributed by atoms with Crippen LogP contribution in [-0.4, -0.2) is 48.1 Å². The van der Waals surface area contributed by atoms with E-state index in [2.05, 4.69) is 11.0 Å². The van der Waals surface area contributed by atoms with Gasteiger partial charge in [0.25, 0.3) is 0 Å². The van der Waals surface area contributed by atoms with Crippen LogP contribution in [0.3, 0.4) is 0 Å². The number of benzene rings is 1. The number of aliphatic hydroxyl groups is 1. The van der Waals surface area contributed by atoms with Gasteiger partial charge in [0.15, 0.2) is 0 Å². The quantitative estimate of drug-likeness (QED) is 0.922. The summed E-state index contributed by atoms with van der Waals surface area (Å²) < 4.78 is 5.39. The lowest BCUT2D eigenvalue weighted by molar-refractivity contribution is -0.147. The number of carbonyl (C=O) groups is 1. The zero-order chi connectivity index (χ0) is 16.8. The number of ketones is 1. The van der Waals surface area contributed by atoms with Gasteiger partial charge in [0.05, 0.1) is 12.7 Å². The van der Waals surface area contributed by atoms with E-state index in [1.165, 1.54) is 12.8 Å². The number of rotatable bonds is 4. The maximum absolute atomic E-state index is 12.3. The van der Waals surface area contributed by atoms with Crippen molar-refractivity contribution in [2.24, 2.45) is 5.92 Å². The highest BCUT2D eigenvalue weighted by atomic mass is 16.5. The van der Waals surface area contributed by atoms with Gasteiger partial charge in [-0.05, 0) is 55.8 Å². The Hall–Kier alpha value is -1.39. The first-order chi connectivity index (χ1) is 11.5. The van der Waals surface area contributed by atoms with Crippen LogP contribution in [0.4, 0.5) is 0 Å². The van der Waals surface area contributed by atoms with Gasteiger partial charge < -0.3 is 14.7 Å². The van der Waals surface area contributed by atoms with Gasteiger partial charge in [-0.25, -0.2) is 0 Å². The van der Waals surface area contributed by atoms with Crippen LogP contribution in [0.25, 0.3) is 0 Å². The van der Waals surface area contributed by atoms with Crippen LogP contribution in [0.1, 0.15) is 44.1 Å². The van der Waals surface area contributed by atoms with Crippen molar-refractivity contribution in [3.8, 4) is 5.75 Å². The summed E-state index contributed by atoms with van der Waals surface area (Å²) in [4.78, 5) is 14.7. The van der Waals surface area contributed by atoms with E-state index in [9.17, 15) is 9.90 Å². The van der Waals surface area contributed by atoms with E-state index < -0.39 is 11.0 Å². The van der Waals surface area contributed by atoms with Gasteiger partial charge in [0, 0.05) is 31.3 Å². The monoisotopic (exact) mass is 329 g/mol. The molecule has 1 aliphatic heterocycles. The lowest BCUT2D eigenvalue weighted by Crippen LogP contribution is -2.65. The number of hydrogen-bond donors (Lipinski definition) is 1. The second-order valence-corrected chi connectivity index (χ2v) is 7.99. The molecule has 1 saturated heterocycles. The van der Waals surface area contributed by atoms with E-state index in [-0.39, 0.29) is 5.78 Å². The van der Waals surface area contributed by atoms with E-state index >= 15 is 0 Å². The first kappa shape index (κ1) is 16.1. The zero-order valence-corrected chi connectivity index (χ0v) is 14.5. The van der Waals surface area contributed by atoms with Crippen molar-refractivity contribution in [1.82, 2.24) is 4.90 Å². The number of fused-ring (bicyclic) bond motifs is 1. The number of likely N-dealkylation sites (tertiary alicyclic amines) is 1. The molecular formula is C20H27NO3. The standard InChI is InChI=1S/C20H27NO3/c1-24-18-4-2-3-16(11-18)19-9-10-21(13-15-5-6-15)14-20(19,23)8-7-17(22)12-19/h2-4,11,15,23H,5-10,12-14H2,1H3/t19-,20-/m0/s1. The van der Waals surface area contributed by atoms with Crippen LogP contribution in [0.2, 0.25) is 0 Å². The predicted molar refractivity (Wildman–Crippen MR) is 92.3 cm³/mol. The number of piperidine rings is 1. The van der Waals surface area contributed by atoms with Crippen molar-refractivity contribution in [2.45, 2.75) is 49.5 Å². The normalized spacial score (nSPS) is 34.0. The molecule has 1 aromatic rings. The molecule has 2 saturated carbocycles. The van der Waals surface area contributed by atoms with Crippen LogP contribution in [0.15, 0.2) is 24.3 Å². The minimum atomic E-state index is -0.819. The van der Waals surface area contributed by atoms with Gasteiger partial charge in [-0.15, -0.1) is 0 Å². The van der Waals surface area contributed by atoms with E-state index in [1.54, 1.807) is 7.11 Å². The summed E-state index contributed by atoms with van der Waals surface area (Å²) >= 11 is 0. The molecule has 4 nitrogen and oxygen atoms in total. The zero-order valence-electron chi connectivity index (χ0n) is 14.5. The lowest BCUT2D eigenvalue weighted by atomic mass is 9.56. The highest BCUT2D eigenvalue weighted by Crippen LogP contribution is 2.51. The van der Waals surface area contributed by atoms with Crippen LogP contribution < -0.4 is 4.74 Å². The third-order valence-electron chi connectivity index (χ3n) is 6.38. The fourth-order valence-corrected chi connectivity index (χ4v) is 4.78. The molecule has 0 spiro atoms. The van der Waals surface area contributed by atoms with Crippen molar-refractivity contribution in [3.63, 3.8) is 0 Å². The van der Waals surface area contributed by atoms with Gasteiger partial charge in [-0.2, -0.15) is 0 Å². The maximum Gasteiger partial charge on any atom is 0.134 e. The molecule has 3 aliphatic rings. The molecule has 4 rings (SSSR count). The molecule has 0 bridgehead atoms. The Morgan fingerprint density at radius 1 is 1.33 bits per heavy atom. The van der Waals surface area contributed by atoms with Crippen molar-refractivity contribution >= 4 is 5.78 Å². The Balaban J connectivity index is 1.69. The molecule has 1 heterocycles. The highest BCUT2D eigenvalue weighted by molar-refractivity contribution is 5.82. The van der Waals surface area contributed by atoms with E-state index in [0.29, 0.717) is 25.8 Å². The average Bonchev–Trinajstić information content (AvgIpc) is 3.39. The minimum Gasteiger partial charge on any atom is -0.497 e. The Bertz CT molecular complexity index is 642. The van der Waals surface area contributed by atoms with Crippen molar-refractivity contribution in [1.29, 1.82) is 0 Å². The number of methoxy groups -OCH3 is 1. The number of carbonyl (C=O) groups excluding carboxylic acids is 1. The van der Waals surface area contributed by atoms with Gasteiger partial charge >= 0.3 is 0 Å². The molecule has 0 aromatic heterocycles. The second-order valence-electron chi connectivity index (χ2n) is 7.99. The molecule has 1 aromatic carbocycles. The molecule has 24 heavy (non-hydrogen) atoms. The van der Waals surface area contributed by atoms with Gasteiger partial charge in [-0.1, -0.05) is 12.1 Å². The first-order valence-corrected chi connectivity index (χ1v) is 9.16. The number of ether oxygens (including phenoxy) is 1. The fourth-order valence-electron chi connectivity index (χ4n) is 4.78. The minimum absolute atomic E-state index is 0.276. The van der Waals surface area contributed by atoms with Crippen molar-refractivity contribution < 1.29 is 14.6 Å². The number of β-amino-alcohol motifs (C(OH)–C–C–N with tert-alkyl or cyclic N) is 1. The molecule has 0 unspecified atom stereocenters. The number of Topliss-reactive ketones (excluding diaryl/α,β-unsaturated/α-hetero) is 1. The number of hydrogen-bond acceptors (Lipinski definition) is 4. The van der Waals surface area contributed by atoms with Gasteiger partial charge in [0.1, 0.15) is 11.5 Å². The number of nitrogens with zero attached hydrogens (tertiary/aromatic N) is 1. The summed E-state index contributed by atoms with van der Waals surface area (Å²) in [5, 5.41) is 11.6. The smallest absolute Gasteiger partial charge is 0.134 e. The lowest BCUT2D eigenvalue weighted by Gasteiger charge is -2.56. The molecule has 0 amide bonds. The first-order valence-electron chi connectivity index (χ1n) is 9.16. The second kappa shape index (κ2) is 5.85. The fraction of sp³-hybridized carbons (Fsp3) is 0.650. The highest BCUT2D eigenvalue weighted by Gasteiger charge is 2.57. The summed E-state index contributed by atoms with van der Waals surface area (Å²) in [6.07, 6.45) is 5.02. The molecule has 1 N–H and O–H groups in total. The molecule has 130 valence electrons. The molecule has 4 heteroatoms. The van der Waals surface area contributed by atoms with E-state index in [4.69, 9.17) is 4.74 Å². The van der Waals surface area contributed by atoms with Crippen molar-refractivity contribution in [3.05, 3.63) is 29.8 Å². The largest absolute Gasteiger partial charge is 0.497 e. The molecule has 3 fully saturated rings. The predicted octanol–water partition coefficient (Wildman–Crippen LogP) is 2.53. The topological polar surface area (TPSA) is 49.8 Å². The van der Waals surface area contributed by atoms with Crippen molar-refractivity contribution in [2.75, 3.05) is 26.7 Å². The summed E-state index contributed by atoms with van der Waals surface area (Å²) in [7, 11) is 1.66. The summed E-state index contributed by atoms with van der Waals surface area (Å²) in [6, 6.07) is 7.97. The maximum atomic E-state index is 12.3. The Labute approximate surface area is 143 Å².